The lowest BCUT2D eigenvalue weighted by Crippen LogP contribution is -2.45. The van der Waals surface area contributed by atoms with Crippen molar-refractivity contribution in [2.45, 2.75) is 38.0 Å². The van der Waals surface area contributed by atoms with Gasteiger partial charge in [-0.1, -0.05) is 6.07 Å². The van der Waals surface area contributed by atoms with Crippen LogP contribution in [0.1, 0.15) is 47.2 Å². The van der Waals surface area contributed by atoms with Crippen molar-refractivity contribution in [2.75, 3.05) is 6.54 Å². The number of carbonyl (C=O) groups excluding carboxylic acids is 1. The average Bonchev–Trinajstić information content (AvgIpc) is 3.17. The van der Waals surface area contributed by atoms with Crippen molar-refractivity contribution in [1.82, 2.24) is 29.6 Å². The molecule has 0 spiro atoms. The van der Waals surface area contributed by atoms with Crippen LogP contribution in [0.15, 0.2) is 36.7 Å². The Morgan fingerprint density at radius 3 is 2.62 bits per heavy atom. The molecule has 2 unspecified atom stereocenters. The van der Waals surface area contributed by atoms with Crippen LogP contribution in [0.5, 0.6) is 0 Å². The lowest BCUT2D eigenvalue weighted by molar-refractivity contribution is -0.143. The molecule has 3 aliphatic heterocycles. The Kier molecular flexibility index (Phi) is 4.90. The van der Waals surface area contributed by atoms with Crippen LogP contribution < -0.4 is 0 Å². The van der Waals surface area contributed by atoms with E-state index < -0.39 is 35.2 Å². The maximum Gasteiger partial charge on any atom is 0.436 e. The van der Waals surface area contributed by atoms with E-state index in [9.17, 15) is 22.4 Å². The van der Waals surface area contributed by atoms with Gasteiger partial charge in [-0.25, -0.2) is 9.37 Å². The number of amides is 1. The summed E-state index contributed by atoms with van der Waals surface area (Å²) in [5.74, 6) is -1.23. The molecule has 1 amide bonds. The summed E-state index contributed by atoms with van der Waals surface area (Å²) in [7, 11) is 0. The predicted octanol–water partition coefficient (Wildman–Crippen LogP) is 3.89. The maximum atomic E-state index is 14.6. The number of alkyl halides is 3. The molecule has 7 nitrogen and oxygen atoms in total. The third kappa shape index (κ3) is 3.41. The third-order valence-corrected chi connectivity index (χ3v) is 6.06. The molecule has 3 aliphatic rings. The molecule has 2 atom stereocenters. The minimum absolute atomic E-state index is 0.134. The Hall–Kier alpha value is -3.37. The summed E-state index contributed by atoms with van der Waals surface area (Å²) < 4.78 is 55.9. The fourth-order valence-electron chi connectivity index (χ4n) is 4.51. The summed E-state index contributed by atoms with van der Waals surface area (Å²) in [6.07, 6.45) is -0.403. The first-order valence-electron chi connectivity index (χ1n) is 10.2. The smallest absolute Gasteiger partial charge is 0.328 e. The molecule has 3 aromatic heterocycles. The van der Waals surface area contributed by atoms with E-state index in [0.29, 0.717) is 36.9 Å². The number of hydrogen-bond donors (Lipinski definition) is 0. The number of carbonyl (C=O) groups is 1. The van der Waals surface area contributed by atoms with Crippen molar-refractivity contribution >= 4 is 5.91 Å². The lowest BCUT2D eigenvalue weighted by atomic mass is 9.87. The highest BCUT2D eigenvalue weighted by atomic mass is 19.4. The molecule has 0 saturated carbocycles. The summed E-state index contributed by atoms with van der Waals surface area (Å²) >= 11 is 0. The molecule has 6 heterocycles. The fourth-order valence-corrected chi connectivity index (χ4v) is 4.51. The first-order valence-corrected chi connectivity index (χ1v) is 10.2. The summed E-state index contributed by atoms with van der Waals surface area (Å²) in [6.45, 7) is 0.956. The fraction of sp³-hybridized carbons (Fsp3) is 0.381. The minimum Gasteiger partial charge on any atom is -0.328 e. The summed E-state index contributed by atoms with van der Waals surface area (Å²) in [5, 5.41) is 8.59. The monoisotopic (exact) mass is 446 g/mol. The highest BCUT2D eigenvalue weighted by Crippen LogP contribution is 2.39. The standard InChI is InChI=1S/C21H18F4N6O/c22-16-13(6-9-27-17(16)21(23,24)25)20(32)31-11-12-4-5-15(31)19-29-28-18(30(19)10-7-12)14-3-1-2-8-26-14/h1-3,6,8-9,12,15H,4-5,7,10-11H2. The van der Waals surface area contributed by atoms with Crippen molar-refractivity contribution in [2.24, 2.45) is 5.92 Å². The Bertz CT molecular complexity index is 1160. The number of rotatable bonds is 2. The highest BCUT2D eigenvalue weighted by Gasteiger charge is 2.42. The molecule has 32 heavy (non-hydrogen) atoms. The summed E-state index contributed by atoms with van der Waals surface area (Å²) in [4.78, 5) is 22.1. The molecule has 2 bridgehead atoms. The van der Waals surface area contributed by atoms with Crippen molar-refractivity contribution in [3.8, 4) is 11.5 Å². The van der Waals surface area contributed by atoms with Crippen LogP contribution in [-0.2, 0) is 12.7 Å². The van der Waals surface area contributed by atoms with Gasteiger partial charge in [0.1, 0.15) is 5.69 Å². The van der Waals surface area contributed by atoms with E-state index >= 15 is 0 Å². The number of pyridine rings is 2. The molecule has 0 N–H and O–H groups in total. The topological polar surface area (TPSA) is 76.8 Å². The molecule has 6 rings (SSSR count). The predicted molar refractivity (Wildman–Crippen MR) is 104 cm³/mol. The largest absolute Gasteiger partial charge is 0.436 e. The number of halogens is 4. The van der Waals surface area contributed by atoms with E-state index in [-0.39, 0.29) is 5.92 Å². The molecule has 1 fully saturated rings. The molecular formula is C21H18F4N6O. The van der Waals surface area contributed by atoms with Gasteiger partial charge in [-0.3, -0.25) is 9.78 Å². The van der Waals surface area contributed by atoms with E-state index in [1.807, 2.05) is 16.7 Å². The number of piperidine rings is 1. The van der Waals surface area contributed by atoms with Crippen LogP contribution in [0, 0.1) is 11.7 Å². The normalized spacial score (nSPS) is 20.6. The lowest BCUT2D eigenvalue weighted by Gasteiger charge is -2.41. The van der Waals surface area contributed by atoms with Gasteiger partial charge in [-0.05, 0) is 43.4 Å². The van der Waals surface area contributed by atoms with Gasteiger partial charge >= 0.3 is 6.18 Å². The molecule has 3 aromatic rings. The molecule has 1 saturated heterocycles. The van der Waals surface area contributed by atoms with Gasteiger partial charge in [0.05, 0.1) is 11.6 Å². The van der Waals surface area contributed by atoms with Crippen LogP contribution in [0.2, 0.25) is 0 Å². The second-order valence-electron chi connectivity index (χ2n) is 7.97. The molecule has 0 aliphatic carbocycles. The van der Waals surface area contributed by atoms with Crippen LogP contribution in [-0.4, -0.2) is 42.1 Å². The molecule has 166 valence electrons. The third-order valence-electron chi connectivity index (χ3n) is 6.06. The van der Waals surface area contributed by atoms with Crippen LogP contribution in [0.4, 0.5) is 17.6 Å². The van der Waals surface area contributed by atoms with Crippen molar-refractivity contribution < 1.29 is 22.4 Å². The van der Waals surface area contributed by atoms with Crippen LogP contribution in [0.25, 0.3) is 11.5 Å². The van der Waals surface area contributed by atoms with Gasteiger partial charge in [-0.2, -0.15) is 13.2 Å². The minimum atomic E-state index is -4.99. The Balaban J connectivity index is 1.55. The Morgan fingerprint density at radius 2 is 1.88 bits per heavy atom. The number of fused-ring (bicyclic) bond motifs is 3. The Labute approximate surface area is 180 Å². The molecule has 0 aromatic carbocycles. The first kappa shape index (κ1) is 20.5. The van der Waals surface area contributed by atoms with Crippen LogP contribution in [0.3, 0.4) is 0 Å². The van der Waals surface area contributed by atoms with E-state index in [1.165, 1.54) is 4.90 Å². The van der Waals surface area contributed by atoms with Crippen LogP contribution >= 0.6 is 0 Å². The average molecular weight is 446 g/mol. The van der Waals surface area contributed by atoms with Crippen molar-refractivity contribution in [3.05, 3.63) is 59.6 Å². The van der Waals surface area contributed by atoms with Gasteiger partial charge < -0.3 is 9.47 Å². The van der Waals surface area contributed by atoms with E-state index in [4.69, 9.17) is 0 Å². The molecule has 0 radical (unpaired) electrons. The maximum absolute atomic E-state index is 14.6. The molecule has 11 heteroatoms. The Morgan fingerprint density at radius 1 is 1.03 bits per heavy atom. The van der Waals surface area contributed by atoms with Gasteiger partial charge in [0.15, 0.2) is 23.2 Å². The van der Waals surface area contributed by atoms with E-state index in [1.54, 1.807) is 12.3 Å². The second-order valence-corrected chi connectivity index (χ2v) is 7.97. The number of nitrogens with zero attached hydrogens (tertiary/aromatic N) is 6. The van der Waals surface area contributed by atoms with Gasteiger partial charge in [0.25, 0.3) is 5.91 Å². The number of hydrogen-bond acceptors (Lipinski definition) is 5. The molecular weight excluding hydrogens is 428 g/mol. The van der Waals surface area contributed by atoms with E-state index in [0.717, 1.165) is 25.1 Å². The quantitative estimate of drug-likeness (QED) is 0.559. The van der Waals surface area contributed by atoms with Gasteiger partial charge in [0, 0.05) is 25.5 Å². The summed E-state index contributed by atoms with van der Waals surface area (Å²) in [5.41, 5.74) is -1.70. The zero-order valence-electron chi connectivity index (χ0n) is 16.8. The first-order chi connectivity index (χ1) is 15.3. The zero-order valence-corrected chi connectivity index (χ0v) is 16.8. The summed E-state index contributed by atoms with van der Waals surface area (Å²) in [6, 6.07) is 5.89. The van der Waals surface area contributed by atoms with Crippen molar-refractivity contribution in [3.63, 3.8) is 0 Å². The zero-order chi connectivity index (χ0) is 22.5. The van der Waals surface area contributed by atoms with Gasteiger partial charge in [0.2, 0.25) is 0 Å². The van der Waals surface area contributed by atoms with Gasteiger partial charge in [-0.15, -0.1) is 10.2 Å². The highest BCUT2D eigenvalue weighted by molar-refractivity contribution is 5.95. The number of aromatic nitrogens is 5. The SMILES string of the molecule is O=C(c1ccnc(C(F)(F)F)c1F)N1CC2CCC1c1nnc(-c3ccccn3)n1CC2. The second kappa shape index (κ2) is 7.64. The van der Waals surface area contributed by atoms with Crippen molar-refractivity contribution in [1.29, 1.82) is 0 Å². The van der Waals surface area contributed by atoms with E-state index in [2.05, 4.69) is 20.2 Å².